The fraction of sp³-hybridized carbons (Fsp3) is 0.462. The quantitative estimate of drug-likeness (QED) is 0.863. The average Bonchev–Trinajstić information content (AvgIpc) is 2.32. The number of carbonyl (C=O) groups is 1. The van der Waals surface area contributed by atoms with Crippen molar-refractivity contribution in [2.24, 2.45) is 0 Å². The van der Waals surface area contributed by atoms with Crippen molar-refractivity contribution in [3.63, 3.8) is 0 Å². The molecule has 1 aromatic carbocycles. The van der Waals surface area contributed by atoms with Crippen molar-refractivity contribution in [2.75, 3.05) is 6.54 Å². The lowest BCUT2D eigenvalue weighted by Gasteiger charge is -2.14. The van der Waals surface area contributed by atoms with E-state index in [1.165, 1.54) is 0 Å². The number of aliphatic hydroxyl groups is 1. The van der Waals surface area contributed by atoms with Gasteiger partial charge in [-0.3, -0.25) is 4.79 Å². The van der Waals surface area contributed by atoms with E-state index < -0.39 is 24.7 Å². The number of alkyl halides is 3. The Morgan fingerprint density at radius 2 is 2.11 bits per heavy atom. The number of carbonyl (C=O) groups excluding carboxylic acids is 1. The summed E-state index contributed by atoms with van der Waals surface area (Å²) >= 11 is 0. The lowest BCUT2D eigenvalue weighted by atomic mass is 10.1. The van der Waals surface area contributed by atoms with Gasteiger partial charge in [-0.1, -0.05) is 29.8 Å². The zero-order valence-electron chi connectivity index (χ0n) is 10.5. The molecule has 0 radical (unpaired) electrons. The molecule has 0 bridgehead atoms. The molecule has 1 unspecified atom stereocenters. The highest BCUT2D eigenvalue weighted by Gasteiger charge is 2.38. The van der Waals surface area contributed by atoms with Crippen molar-refractivity contribution in [1.29, 1.82) is 0 Å². The van der Waals surface area contributed by atoms with Crippen molar-refractivity contribution in [3.8, 4) is 0 Å². The van der Waals surface area contributed by atoms with Gasteiger partial charge >= 0.3 is 6.18 Å². The van der Waals surface area contributed by atoms with Crippen molar-refractivity contribution in [3.05, 3.63) is 35.4 Å². The van der Waals surface area contributed by atoms with Gasteiger partial charge in [-0.05, 0) is 18.9 Å². The Labute approximate surface area is 109 Å². The molecule has 1 rings (SSSR count). The molecule has 0 saturated heterocycles. The molecule has 1 atom stereocenters. The predicted molar refractivity (Wildman–Crippen MR) is 64.6 cm³/mol. The fourth-order valence-corrected chi connectivity index (χ4v) is 1.54. The van der Waals surface area contributed by atoms with Gasteiger partial charge < -0.3 is 10.4 Å². The third kappa shape index (κ3) is 5.74. The summed E-state index contributed by atoms with van der Waals surface area (Å²) in [4.78, 5) is 11.3. The molecule has 1 amide bonds. The smallest absolute Gasteiger partial charge is 0.382 e. The lowest BCUT2D eigenvalue weighted by molar-refractivity contribution is -0.201. The Bertz CT molecular complexity index is 432. The Balaban J connectivity index is 2.33. The molecule has 6 heteroatoms. The summed E-state index contributed by atoms with van der Waals surface area (Å²) in [5, 5.41) is 10.8. The van der Waals surface area contributed by atoms with Gasteiger partial charge in [0.2, 0.25) is 5.91 Å². The predicted octanol–water partition coefficient (Wildman–Crippen LogP) is 1.97. The summed E-state index contributed by atoms with van der Waals surface area (Å²) in [6, 6.07) is 7.54. The van der Waals surface area contributed by atoms with Crippen LogP contribution in [0.3, 0.4) is 0 Å². The minimum atomic E-state index is -4.70. The second-order valence-electron chi connectivity index (χ2n) is 4.35. The van der Waals surface area contributed by atoms with E-state index in [4.69, 9.17) is 5.11 Å². The molecular weight excluding hydrogens is 259 g/mol. The summed E-state index contributed by atoms with van der Waals surface area (Å²) in [7, 11) is 0. The summed E-state index contributed by atoms with van der Waals surface area (Å²) in [5.74, 6) is -0.509. The molecule has 0 heterocycles. The zero-order valence-corrected chi connectivity index (χ0v) is 10.5. The van der Waals surface area contributed by atoms with Gasteiger partial charge in [0.1, 0.15) is 0 Å². The molecule has 0 spiro atoms. The Hall–Kier alpha value is -1.56. The number of hydrogen-bond donors (Lipinski definition) is 2. The molecule has 0 aliphatic carbocycles. The summed E-state index contributed by atoms with van der Waals surface area (Å²) in [5.41, 5.74) is 2.01. The number of rotatable bonds is 5. The highest BCUT2D eigenvalue weighted by molar-refractivity contribution is 5.76. The second kappa shape index (κ2) is 6.56. The van der Waals surface area contributed by atoms with E-state index in [0.717, 1.165) is 11.1 Å². The molecule has 0 saturated carbocycles. The van der Waals surface area contributed by atoms with Crippen LogP contribution in [0.25, 0.3) is 0 Å². The van der Waals surface area contributed by atoms with Crippen molar-refractivity contribution in [1.82, 2.24) is 5.32 Å². The van der Waals surface area contributed by atoms with Crippen LogP contribution in [0.15, 0.2) is 24.3 Å². The van der Waals surface area contributed by atoms with Gasteiger partial charge in [0.05, 0.1) is 6.54 Å². The maximum absolute atomic E-state index is 12.0. The normalized spacial score (nSPS) is 13.1. The van der Waals surface area contributed by atoms with Crippen molar-refractivity contribution >= 4 is 5.91 Å². The van der Waals surface area contributed by atoms with Gasteiger partial charge in [-0.25, -0.2) is 0 Å². The van der Waals surface area contributed by atoms with E-state index in [9.17, 15) is 18.0 Å². The van der Waals surface area contributed by atoms with Gasteiger partial charge in [0, 0.05) is 6.42 Å². The van der Waals surface area contributed by atoms with Gasteiger partial charge in [-0.2, -0.15) is 13.2 Å². The highest BCUT2D eigenvalue weighted by Crippen LogP contribution is 2.19. The first-order chi connectivity index (χ1) is 8.79. The number of aryl methyl sites for hydroxylation is 2. The first-order valence-corrected chi connectivity index (χ1v) is 5.86. The molecule has 1 aromatic rings. The molecular formula is C13H16F3NO2. The topological polar surface area (TPSA) is 49.3 Å². The lowest BCUT2D eigenvalue weighted by Crippen LogP contribution is -2.40. The first-order valence-electron chi connectivity index (χ1n) is 5.86. The standard InChI is InChI=1S/C13H16F3NO2/c1-9-3-2-4-10(7-9)5-6-12(19)17-8-11(18)13(14,15)16/h2-4,7,11,18H,5-6,8H2,1H3,(H,17,19). The summed E-state index contributed by atoms with van der Waals surface area (Å²) in [6.45, 7) is 1.11. The molecule has 3 nitrogen and oxygen atoms in total. The van der Waals surface area contributed by atoms with Gasteiger partial charge in [-0.15, -0.1) is 0 Å². The number of hydrogen-bond acceptors (Lipinski definition) is 2. The van der Waals surface area contributed by atoms with Crippen LogP contribution in [-0.2, 0) is 11.2 Å². The second-order valence-corrected chi connectivity index (χ2v) is 4.35. The van der Waals surface area contributed by atoms with Crippen LogP contribution < -0.4 is 5.32 Å². The van der Waals surface area contributed by atoms with Gasteiger partial charge in [0.25, 0.3) is 0 Å². The van der Waals surface area contributed by atoms with Crippen LogP contribution in [0.2, 0.25) is 0 Å². The largest absolute Gasteiger partial charge is 0.416 e. The SMILES string of the molecule is Cc1cccc(CCC(=O)NCC(O)C(F)(F)F)c1. The van der Waals surface area contributed by atoms with Gasteiger partial charge in [0.15, 0.2) is 6.10 Å². The minimum absolute atomic E-state index is 0.0913. The zero-order chi connectivity index (χ0) is 14.5. The first kappa shape index (κ1) is 15.5. The summed E-state index contributed by atoms with van der Waals surface area (Å²) < 4.78 is 36.0. The third-order valence-electron chi connectivity index (χ3n) is 2.59. The molecule has 0 aliphatic rings. The molecule has 0 aromatic heterocycles. The molecule has 0 fully saturated rings. The molecule has 0 aliphatic heterocycles. The number of nitrogens with one attached hydrogen (secondary N) is 1. The number of halogens is 3. The van der Waals surface area contributed by atoms with Crippen LogP contribution in [-0.4, -0.2) is 29.8 Å². The van der Waals surface area contributed by atoms with Crippen LogP contribution in [0.1, 0.15) is 17.5 Å². The highest BCUT2D eigenvalue weighted by atomic mass is 19.4. The summed E-state index contributed by atoms with van der Waals surface area (Å²) in [6.07, 6.45) is -6.68. The van der Waals surface area contributed by atoms with Crippen LogP contribution >= 0.6 is 0 Å². The van der Waals surface area contributed by atoms with Crippen LogP contribution in [0.5, 0.6) is 0 Å². The number of amides is 1. The third-order valence-corrected chi connectivity index (χ3v) is 2.59. The fourth-order valence-electron chi connectivity index (χ4n) is 1.54. The monoisotopic (exact) mass is 275 g/mol. The molecule has 2 N–H and O–H groups in total. The van der Waals surface area contributed by atoms with Crippen LogP contribution in [0, 0.1) is 6.92 Å². The van der Waals surface area contributed by atoms with E-state index in [1.807, 2.05) is 31.2 Å². The minimum Gasteiger partial charge on any atom is -0.382 e. The van der Waals surface area contributed by atoms with E-state index in [1.54, 1.807) is 0 Å². The maximum Gasteiger partial charge on any atom is 0.416 e. The van der Waals surface area contributed by atoms with Crippen LogP contribution in [0.4, 0.5) is 13.2 Å². The average molecular weight is 275 g/mol. The van der Waals surface area contributed by atoms with E-state index in [-0.39, 0.29) is 6.42 Å². The Kier molecular flexibility index (Phi) is 5.35. The van der Waals surface area contributed by atoms with Crippen molar-refractivity contribution in [2.45, 2.75) is 32.0 Å². The number of aliphatic hydroxyl groups excluding tert-OH is 1. The Morgan fingerprint density at radius 3 is 2.68 bits per heavy atom. The Morgan fingerprint density at radius 1 is 1.42 bits per heavy atom. The van der Waals surface area contributed by atoms with E-state index in [0.29, 0.717) is 6.42 Å². The molecule has 19 heavy (non-hydrogen) atoms. The number of benzene rings is 1. The van der Waals surface area contributed by atoms with E-state index in [2.05, 4.69) is 5.32 Å². The van der Waals surface area contributed by atoms with E-state index >= 15 is 0 Å². The van der Waals surface area contributed by atoms with Crippen molar-refractivity contribution < 1.29 is 23.1 Å². The maximum atomic E-state index is 12.0. The molecule has 106 valence electrons.